The number of phenolic OH excluding ortho intramolecular Hbond substituents is 2. The largest absolute Gasteiger partial charge is 0.508 e. The average Bonchev–Trinajstić information content (AvgIpc) is 2.29. The highest BCUT2D eigenvalue weighted by Crippen LogP contribution is 2.39. The van der Waals surface area contributed by atoms with E-state index in [4.69, 9.17) is 24.6 Å². The van der Waals surface area contributed by atoms with E-state index in [1.165, 1.54) is 0 Å². The predicted molar refractivity (Wildman–Crippen MR) is 74.1 cm³/mol. The average molecular weight is 305 g/mol. The van der Waals surface area contributed by atoms with Crippen LogP contribution in [-0.2, 0) is 4.57 Å². The summed E-state index contributed by atoms with van der Waals surface area (Å²) < 4.78 is 9.09. The van der Waals surface area contributed by atoms with Crippen LogP contribution in [0.1, 0.15) is 0 Å². The standard InChI is InChI=1S/2C6H6O.ClH2O3P/c2*7-6-4-2-1-3-5-6;1-5(2,3)4/h2*1-5,7H;(H2,2,3,4). The number of halogens is 1. The maximum Gasteiger partial charge on any atom is 0.419 e. The molecule has 19 heavy (non-hydrogen) atoms. The SMILES string of the molecule is O=P(O)(O)Cl.Oc1ccccc1.Oc1ccccc1. The molecule has 0 aliphatic carbocycles. The lowest BCUT2D eigenvalue weighted by molar-refractivity contribution is 0.395. The molecule has 0 unspecified atom stereocenters. The van der Waals surface area contributed by atoms with Crippen molar-refractivity contribution >= 4 is 18.2 Å². The van der Waals surface area contributed by atoms with Gasteiger partial charge in [-0.2, -0.15) is 0 Å². The summed E-state index contributed by atoms with van der Waals surface area (Å²) >= 11 is 4.20. The summed E-state index contributed by atoms with van der Waals surface area (Å²) in [5.41, 5.74) is 0. The van der Waals surface area contributed by atoms with Gasteiger partial charge in [0.2, 0.25) is 0 Å². The van der Waals surface area contributed by atoms with Gasteiger partial charge in [0.05, 0.1) is 0 Å². The molecule has 2 aromatic carbocycles. The molecule has 0 spiro atoms. The lowest BCUT2D eigenvalue weighted by Gasteiger charge is -1.82. The van der Waals surface area contributed by atoms with Crippen molar-refractivity contribution in [3.8, 4) is 11.5 Å². The van der Waals surface area contributed by atoms with Crippen LogP contribution in [-0.4, -0.2) is 20.0 Å². The third-order valence-electron chi connectivity index (χ3n) is 1.51. The Morgan fingerprint density at radius 2 is 0.947 bits per heavy atom. The molecule has 0 fully saturated rings. The van der Waals surface area contributed by atoms with E-state index in [-0.39, 0.29) is 0 Å². The van der Waals surface area contributed by atoms with Gasteiger partial charge in [-0.05, 0) is 24.3 Å². The summed E-state index contributed by atoms with van der Waals surface area (Å²) in [6.07, 6.45) is 0. The molecule has 2 aromatic rings. The van der Waals surface area contributed by atoms with Crippen LogP contribution >= 0.6 is 18.2 Å². The summed E-state index contributed by atoms with van der Waals surface area (Å²) in [5, 5.41) is 17.3. The van der Waals surface area contributed by atoms with Gasteiger partial charge in [-0.3, -0.25) is 0 Å². The molecule has 0 saturated carbocycles. The Bertz CT molecular complexity index is 440. The second-order valence-electron chi connectivity index (χ2n) is 3.14. The van der Waals surface area contributed by atoms with Gasteiger partial charge >= 0.3 is 6.95 Å². The molecule has 0 saturated heterocycles. The maximum absolute atomic E-state index is 9.09. The van der Waals surface area contributed by atoms with Crippen LogP contribution in [0, 0.1) is 0 Å². The van der Waals surface area contributed by atoms with E-state index in [1.807, 2.05) is 12.1 Å². The molecule has 0 heterocycles. The molecular formula is C12H14ClO5P. The van der Waals surface area contributed by atoms with E-state index in [2.05, 4.69) is 11.2 Å². The topological polar surface area (TPSA) is 98.0 Å². The van der Waals surface area contributed by atoms with Crippen LogP contribution in [0.4, 0.5) is 0 Å². The number of rotatable bonds is 0. The molecule has 0 amide bonds. The zero-order valence-corrected chi connectivity index (χ0v) is 11.4. The monoisotopic (exact) mass is 304 g/mol. The minimum atomic E-state index is -4.17. The quantitative estimate of drug-likeness (QED) is 0.561. The van der Waals surface area contributed by atoms with E-state index in [1.54, 1.807) is 48.5 Å². The van der Waals surface area contributed by atoms with Crippen LogP contribution in [0.3, 0.4) is 0 Å². The zero-order chi connectivity index (χ0) is 14.7. The predicted octanol–water partition coefficient (Wildman–Crippen LogP) is 3.10. The fraction of sp³-hybridized carbons (Fsp3) is 0. The lowest BCUT2D eigenvalue weighted by Crippen LogP contribution is -1.56. The first-order valence-electron chi connectivity index (χ1n) is 5.02. The van der Waals surface area contributed by atoms with Crippen LogP contribution < -0.4 is 0 Å². The molecule has 2 rings (SSSR count). The highest BCUT2D eigenvalue weighted by Gasteiger charge is 2.01. The summed E-state index contributed by atoms with van der Waals surface area (Å²) in [7, 11) is 0. The zero-order valence-electron chi connectivity index (χ0n) is 9.80. The van der Waals surface area contributed by atoms with E-state index >= 15 is 0 Å². The second-order valence-corrected chi connectivity index (χ2v) is 5.41. The Hall–Kier alpha value is -1.52. The van der Waals surface area contributed by atoms with Crippen molar-refractivity contribution in [2.75, 3.05) is 0 Å². The van der Waals surface area contributed by atoms with Gasteiger partial charge in [-0.1, -0.05) is 36.4 Å². The summed E-state index contributed by atoms with van der Waals surface area (Å²) in [5.74, 6) is 0.644. The number of benzene rings is 2. The molecule has 5 nitrogen and oxygen atoms in total. The van der Waals surface area contributed by atoms with Gasteiger partial charge in [0.25, 0.3) is 0 Å². The van der Waals surface area contributed by atoms with E-state index in [0.717, 1.165) is 0 Å². The molecule has 0 aliphatic heterocycles. The van der Waals surface area contributed by atoms with Gasteiger partial charge in [-0.15, -0.1) is 0 Å². The smallest absolute Gasteiger partial charge is 0.419 e. The number of phenols is 2. The van der Waals surface area contributed by atoms with Crippen molar-refractivity contribution in [3.05, 3.63) is 60.7 Å². The van der Waals surface area contributed by atoms with Gasteiger partial charge in [0.1, 0.15) is 11.5 Å². The maximum atomic E-state index is 9.09. The molecule has 104 valence electrons. The van der Waals surface area contributed by atoms with Crippen molar-refractivity contribution < 1.29 is 24.6 Å². The number of hydrogen-bond donors (Lipinski definition) is 4. The van der Waals surface area contributed by atoms with Crippen LogP contribution in [0.2, 0.25) is 0 Å². The van der Waals surface area contributed by atoms with Crippen molar-refractivity contribution in [1.82, 2.24) is 0 Å². The minimum absolute atomic E-state index is 0.322. The van der Waals surface area contributed by atoms with E-state index in [9.17, 15) is 0 Å². The molecule has 7 heteroatoms. The first kappa shape index (κ1) is 17.5. The third kappa shape index (κ3) is 16.5. The molecule has 0 aromatic heterocycles. The summed E-state index contributed by atoms with van der Waals surface area (Å²) in [6.45, 7) is -4.17. The Morgan fingerprint density at radius 1 is 0.737 bits per heavy atom. The Morgan fingerprint density at radius 3 is 1.05 bits per heavy atom. The Balaban J connectivity index is 0.000000261. The van der Waals surface area contributed by atoms with Crippen molar-refractivity contribution in [3.63, 3.8) is 0 Å². The molecule has 0 radical (unpaired) electrons. The summed E-state index contributed by atoms with van der Waals surface area (Å²) in [6, 6.07) is 17.4. The molecule has 4 N–H and O–H groups in total. The third-order valence-corrected chi connectivity index (χ3v) is 1.51. The molecular weight excluding hydrogens is 291 g/mol. The van der Waals surface area contributed by atoms with Crippen molar-refractivity contribution in [2.24, 2.45) is 0 Å². The number of hydrogen-bond acceptors (Lipinski definition) is 3. The first-order chi connectivity index (χ1) is 8.79. The summed E-state index contributed by atoms with van der Waals surface area (Å²) in [4.78, 5) is 14.8. The minimum Gasteiger partial charge on any atom is -0.508 e. The van der Waals surface area contributed by atoms with E-state index in [0.29, 0.717) is 11.5 Å². The number of aromatic hydroxyl groups is 2. The van der Waals surface area contributed by atoms with Crippen LogP contribution in [0.15, 0.2) is 60.7 Å². The normalized spacial score (nSPS) is 9.42. The molecule has 0 aliphatic rings. The van der Waals surface area contributed by atoms with E-state index < -0.39 is 6.95 Å². The number of para-hydroxylation sites is 2. The fourth-order valence-electron chi connectivity index (χ4n) is 0.856. The molecule has 0 atom stereocenters. The fourth-order valence-corrected chi connectivity index (χ4v) is 0.856. The Labute approximate surface area is 115 Å². The van der Waals surface area contributed by atoms with Crippen molar-refractivity contribution in [1.29, 1.82) is 0 Å². The lowest BCUT2D eigenvalue weighted by atomic mass is 10.3. The van der Waals surface area contributed by atoms with Gasteiger partial charge in [-0.25, -0.2) is 4.57 Å². The van der Waals surface area contributed by atoms with Gasteiger partial charge < -0.3 is 20.0 Å². The van der Waals surface area contributed by atoms with Gasteiger partial charge in [0, 0.05) is 11.2 Å². The van der Waals surface area contributed by atoms with Gasteiger partial charge in [0.15, 0.2) is 0 Å². The van der Waals surface area contributed by atoms with Crippen LogP contribution in [0.25, 0.3) is 0 Å². The first-order valence-corrected chi connectivity index (χ1v) is 7.54. The second kappa shape index (κ2) is 9.42. The Kier molecular flexibility index (Phi) is 8.66. The highest BCUT2D eigenvalue weighted by atomic mass is 35.7. The highest BCUT2D eigenvalue weighted by molar-refractivity contribution is 7.79. The molecule has 0 bridgehead atoms. The van der Waals surface area contributed by atoms with Crippen LogP contribution in [0.5, 0.6) is 11.5 Å². The van der Waals surface area contributed by atoms with Crippen molar-refractivity contribution in [2.45, 2.75) is 0 Å².